The molecule has 0 aromatic heterocycles. The van der Waals surface area contributed by atoms with Gasteiger partial charge in [-0.05, 0) is 13.3 Å². The average molecular weight is 190 g/mol. The van der Waals surface area contributed by atoms with Crippen molar-refractivity contribution < 1.29 is 24.6 Å². The first kappa shape index (κ1) is 14.2. The molecule has 0 aromatic rings. The summed E-state index contributed by atoms with van der Waals surface area (Å²) in [6.07, 6.45) is 2.94. The molecule has 0 aliphatic heterocycles. The zero-order valence-electron chi connectivity index (χ0n) is 7.74. The number of carboxylic acid groups (broad SMARTS) is 2. The number of hydrogen-bond donors (Lipinski definition) is 2. The maximum Gasteiger partial charge on any atom is 0.414 e. The van der Waals surface area contributed by atoms with E-state index in [0.29, 0.717) is 5.78 Å². The van der Waals surface area contributed by atoms with Crippen LogP contribution >= 0.6 is 0 Å². The summed E-state index contributed by atoms with van der Waals surface area (Å²) >= 11 is 0. The van der Waals surface area contributed by atoms with Gasteiger partial charge in [0.15, 0.2) is 0 Å². The normalized spacial score (nSPS) is 8.15. The number of ketones is 1. The highest BCUT2D eigenvalue weighted by molar-refractivity contribution is 6.27. The summed E-state index contributed by atoms with van der Waals surface area (Å²) in [4.78, 5) is 28.4. The third-order valence-corrected chi connectivity index (χ3v) is 1.07. The van der Waals surface area contributed by atoms with Gasteiger partial charge in [-0.25, -0.2) is 9.59 Å². The molecule has 0 atom stereocenters. The Bertz CT molecular complexity index is 173. The van der Waals surface area contributed by atoms with E-state index in [1.54, 1.807) is 6.92 Å². The number of carbonyl (C=O) groups excluding carboxylic acids is 1. The van der Waals surface area contributed by atoms with Gasteiger partial charge in [-0.3, -0.25) is 0 Å². The Morgan fingerprint density at radius 2 is 1.46 bits per heavy atom. The molecule has 0 bridgehead atoms. The SMILES string of the molecule is CCCCC(C)=O.O=C(O)C(=O)O. The first-order valence-electron chi connectivity index (χ1n) is 3.87. The van der Waals surface area contributed by atoms with Gasteiger partial charge in [-0.15, -0.1) is 0 Å². The highest BCUT2D eigenvalue weighted by atomic mass is 16.4. The van der Waals surface area contributed by atoms with E-state index in [9.17, 15) is 4.79 Å². The zero-order chi connectivity index (χ0) is 10.9. The van der Waals surface area contributed by atoms with E-state index in [1.165, 1.54) is 0 Å². The van der Waals surface area contributed by atoms with Gasteiger partial charge in [0.1, 0.15) is 5.78 Å². The quantitative estimate of drug-likeness (QED) is 0.645. The highest BCUT2D eigenvalue weighted by Crippen LogP contribution is 1.92. The molecular weight excluding hydrogens is 176 g/mol. The van der Waals surface area contributed by atoms with Crippen molar-refractivity contribution in [2.24, 2.45) is 0 Å². The number of Topliss-reactive ketones (excluding diaryl/α,β-unsaturated/α-hetero) is 1. The third-order valence-electron chi connectivity index (χ3n) is 1.07. The lowest BCUT2D eigenvalue weighted by atomic mass is 10.2. The van der Waals surface area contributed by atoms with Gasteiger partial charge in [-0.1, -0.05) is 13.3 Å². The van der Waals surface area contributed by atoms with Crippen LogP contribution in [0.4, 0.5) is 0 Å². The van der Waals surface area contributed by atoms with E-state index >= 15 is 0 Å². The molecule has 0 heterocycles. The predicted octanol–water partition coefficient (Wildman–Crippen LogP) is 0.921. The molecule has 0 amide bonds. The topological polar surface area (TPSA) is 91.7 Å². The van der Waals surface area contributed by atoms with Gasteiger partial charge < -0.3 is 15.0 Å². The summed E-state index contributed by atoms with van der Waals surface area (Å²) in [5, 5.41) is 14.8. The van der Waals surface area contributed by atoms with E-state index in [-0.39, 0.29) is 0 Å². The Kier molecular flexibility index (Phi) is 9.48. The fourth-order valence-electron chi connectivity index (χ4n) is 0.426. The number of aliphatic carboxylic acids is 2. The maximum absolute atomic E-state index is 10.2. The number of hydrogen-bond acceptors (Lipinski definition) is 3. The molecule has 5 heteroatoms. The van der Waals surface area contributed by atoms with Crippen molar-refractivity contribution in [3.63, 3.8) is 0 Å². The van der Waals surface area contributed by atoms with Crippen molar-refractivity contribution >= 4 is 17.7 Å². The Morgan fingerprint density at radius 3 is 1.54 bits per heavy atom. The van der Waals surface area contributed by atoms with E-state index in [4.69, 9.17) is 19.8 Å². The van der Waals surface area contributed by atoms with Crippen LogP contribution in [-0.2, 0) is 14.4 Å². The van der Waals surface area contributed by atoms with Gasteiger partial charge in [0, 0.05) is 6.42 Å². The standard InChI is InChI=1S/C6H12O.C2H2O4/c1-3-4-5-6(2)7;3-1(4)2(5)6/h3-5H2,1-2H3;(H,3,4)(H,5,6). The Morgan fingerprint density at radius 1 is 1.08 bits per heavy atom. The largest absolute Gasteiger partial charge is 0.473 e. The Hall–Kier alpha value is -1.39. The minimum absolute atomic E-state index is 0.307. The number of rotatable bonds is 3. The number of carbonyl (C=O) groups is 3. The van der Waals surface area contributed by atoms with E-state index in [2.05, 4.69) is 6.92 Å². The van der Waals surface area contributed by atoms with Crippen LogP contribution in [0.1, 0.15) is 33.1 Å². The molecule has 0 aromatic carbocycles. The van der Waals surface area contributed by atoms with E-state index in [1.807, 2.05) is 0 Å². The second kappa shape index (κ2) is 8.70. The second-order valence-electron chi connectivity index (χ2n) is 2.42. The molecule has 0 unspecified atom stereocenters. The summed E-state index contributed by atoms with van der Waals surface area (Å²) in [6.45, 7) is 3.72. The lowest BCUT2D eigenvalue weighted by molar-refractivity contribution is -0.159. The van der Waals surface area contributed by atoms with Gasteiger partial charge in [0.05, 0.1) is 0 Å². The van der Waals surface area contributed by atoms with Crippen LogP contribution in [0.25, 0.3) is 0 Å². The minimum atomic E-state index is -1.82. The van der Waals surface area contributed by atoms with Crippen molar-refractivity contribution in [3.8, 4) is 0 Å². The van der Waals surface area contributed by atoms with Gasteiger partial charge in [-0.2, -0.15) is 0 Å². The van der Waals surface area contributed by atoms with Crippen molar-refractivity contribution in [3.05, 3.63) is 0 Å². The van der Waals surface area contributed by atoms with Gasteiger partial charge in [0.2, 0.25) is 0 Å². The molecular formula is C8H14O5. The molecule has 0 radical (unpaired) electrons. The minimum Gasteiger partial charge on any atom is -0.473 e. The molecule has 0 aliphatic rings. The fraction of sp³-hybridized carbons (Fsp3) is 0.625. The van der Waals surface area contributed by atoms with E-state index in [0.717, 1.165) is 19.3 Å². The molecule has 2 N–H and O–H groups in total. The zero-order valence-corrected chi connectivity index (χ0v) is 7.74. The summed E-state index contributed by atoms with van der Waals surface area (Å²) < 4.78 is 0. The third kappa shape index (κ3) is 18.0. The first-order chi connectivity index (χ1) is 5.91. The van der Waals surface area contributed by atoms with Crippen molar-refractivity contribution in [1.82, 2.24) is 0 Å². The summed E-state index contributed by atoms with van der Waals surface area (Å²) in [5.74, 6) is -3.34. The van der Waals surface area contributed by atoms with Crippen molar-refractivity contribution in [2.45, 2.75) is 33.1 Å². The Balaban J connectivity index is 0. The molecule has 0 aliphatic carbocycles. The monoisotopic (exact) mass is 190 g/mol. The molecule has 0 fully saturated rings. The average Bonchev–Trinajstić information content (AvgIpc) is 2.01. The van der Waals surface area contributed by atoms with Crippen LogP contribution in [0, 0.1) is 0 Å². The maximum atomic E-state index is 10.2. The number of unbranched alkanes of at least 4 members (excludes halogenated alkanes) is 1. The predicted molar refractivity (Wildman–Crippen MR) is 45.5 cm³/mol. The van der Waals surface area contributed by atoms with Crippen molar-refractivity contribution in [2.75, 3.05) is 0 Å². The summed E-state index contributed by atoms with van der Waals surface area (Å²) in [6, 6.07) is 0. The fourth-order valence-corrected chi connectivity index (χ4v) is 0.426. The van der Waals surface area contributed by atoms with Crippen LogP contribution in [-0.4, -0.2) is 27.9 Å². The highest BCUT2D eigenvalue weighted by Gasteiger charge is 2.04. The van der Waals surface area contributed by atoms with Crippen LogP contribution in [0.5, 0.6) is 0 Å². The smallest absolute Gasteiger partial charge is 0.414 e. The Labute approximate surface area is 76.4 Å². The molecule has 0 rings (SSSR count). The molecule has 13 heavy (non-hydrogen) atoms. The molecule has 0 saturated carbocycles. The molecule has 76 valence electrons. The molecule has 5 nitrogen and oxygen atoms in total. The van der Waals surface area contributed by atoms with Gasteiger partial charge >= 0.3 is 11.9 Å². The lowest BCUT2D eigenvalue weighted by Crippen LogP contribution is -2.09. The van der Waals surface area contributed by atoms with Crippen LogP contribution in [0.2, 0.25) is 0 Å². The van der Waals surface area contributed by atoms with Crippen LogP contribution in [0.15, 0.2) is 0 Å². The molecule has 0 spiro atoms. The second-order valence-corrected chi connectivity index (χ2v) is 2.42. The lowest BCUT2D eigenvalue weighted by Gasteiger charge is -1.86. The van der Waals surface area contributed by atoms with E-state index < -0.39 is 11.9 Å². The van der Waals surface area contributed by atoms with Crippen LogP contribution in [0.3, 0.4) is 0 Å². The first-order valence-corrected chi connectivity index (χ1v) is 3.87. The summed E-state index contributed by atoms with van der Waals surface area (Å²) in [7, 11) is 0. The number of carboxylic acids is 2. The van der Waals surface area contributed by atoms with Crippen LogP contribution < -0.4 is 0 Å². The van der Waals surface area contributed by atoms with Crippen molar-refractivity contribution in [1.29, 1.82) is 0 Å². The van der Waals surface area contributed by atoms with Gasteiger partial charge in [0.25, 0.3) is 0 Å². The molecule has 0 saturated heterocycles. The summed E-state index contributed by atoms with van der Waals surface area (Å²) in [5.41, 5.74) is 0.